The molecule has 8 nitrogen and oxygen atoms in total. The van der Waals surface area contributed by atoms with Crippen LogP contribution in [0.5, 0.6) is 0 Å². The molecule has 10 heteroatoms. The van der Waals surface area contributed by atoms with E-state index in [0.717, 1.165) is 42.9 Å². The van der Waals surface area contributed by atoms with Gasteiger partial charge >= 0.3 is 5.97 Å². The third kappa shape index (κ3) is 5.26. The van der Waals surface area contributed by atoms with Crippen LogP contribution < -0.4 is 15.5 Å². The van der Waals surface area contributed by atoms with E-state index in [9.17, 15) is 14.7 Å². The largest absolute Gasteiger partial charge is 0.478 e. The van der Waals surface area contributed by atoms with Crippen molar-refractivity contribution < 1.29 is 14.7 Å². The fourth-order valence-electron chi connectivity index (χ4n) is 4.38. The number of hydrogen-bond acceptors (Lipinski definition) is 7. The number of thiazole rings is 1. The molecule has 0 saturated carbocycles. The van der Waals surface area contributed by atoms with E-state index in [0.29, 0.717) is 40.6 Å². The molecule has 2 aromatic rings. The molecule has 4 rings (SSSR count). The summed E-state index contributed by atoms with van der Waals surface area (Å²) in [5, 5.41) is 17.6. The number of benzene rings is 1. The molecule has 0 radical (unpaired) electrons. The minimum atomic E-state index is -0.947. The summed E-state index contributed by atoms with van der Waals surface area (Å²) in [6, 6.07) is 5.17. The number of rotatable bonds is 9. The van der Waals surface area contributed by atoms with Crippen molar-refractivity contribution in [1.29, 1.82) is 0 Å². The minimum absolute atomic E-state index is 0.0336. The van der Waals surface area contributed by atoms with Crippen LogP contribution in [0, 0.1) is 0 Å². The SMILES string of the molecule is CCCCN[C@H]1CN(c2nc3cccc(C(=O)O)c3s2)CC[C@H]1NC(=O)C1=NC(Cl)=C(CC)C1. The Morgan fingerprint density at radius 3 is 2.82 bits per heavy atom. The standard InChI is InChI=1S/C24H30ClN5O3S/c1-3-5-10-26-19-13-30(24-29-17-8-6-7-15(23(32)33)20(17)34-24)11-9-16(19)28-22(31)18-12-14(4-2)21(25)27-18/h6-8,16,19,26H,3-5,9-13H2,1-2H3,(H,28,31)(H,32,33)/t16-,19+/m1/s1. The molecule has 0 unspecified atom stereocenters. The Balaban J connectivity index is 1.48. The summed E-state index contributed by atoms with van der Waals surface area (Å²) in [6.45, 7) is 6.40. The lowest BCUT2D eigenvalue weighted by atomic mass is 9.98. The number of amides is 1. The topological polar surface area (TPSA) is 107 Å². The molecule has 3 N–H and O–H groups in total. The Morgan fingerprint density at radius 2 is 2.12 bits per heavy atom. The van der Waals surface area contributed by atoms with E-state index in [-0.39, 0.29) is 23.6 Å². The third-order valence-corrected chi connectivity index (χ3v) is 7.88. The van der Waals surface area contributed by atoms with Gasteiger partial charge < -0.3 is 20.6 Å². The van der Waals surface area contributed by atoms with E-state index in [1.54, 1.807) is 12.1 Å². The smallest absolute Gasteiger partial charge is 0.337 e. The highest BCUT2D eigenvalue weighted by molar-refractivity contribution is 7.22. The number of halogens is 1. The first-order valence-electron chi connectivity index (χ1n) is 11.8. The molecule has 0 spiro atoms. The number of carboxylic acids is 1. The van der Waals surface area contributed by atoms with Crippen LogP contribution in [-0.2, 0) is 4.79 Å². The van der Waals surface area contributed by atoms with Crippen LogP contribution in [0.15, 0.2) is 33.9 Å². The molecule has 1 fully saturated rings. The second-order valence-corrected chi connectivity index (χ2v) is 10.0. The molecule has 1 aromatic heterocycles. The number of aromatic nitrogens is 1. The summed E-state index contributed by atoms with van der Waals surface area (Å²) in [4.78, 5) is 35.7. The molecule has 1 amide bonds. The van der Waals surface area contributed by atoms with E-state index < -0.39 is 5.97 Å². The van der Waals surface area contributed by atoms with Crippen LogP contribution in [0.25, 0.3) is 10.2 Å². The van der Waals surface area contributed by atoms with Crippen molar-refractivity contribution in [1.82, 2.24) is 15.6 Å². The average molecular weight is 504 g/mol. The zero-order valence-corrected chi connectivity index (χ0v) is 21.0. The summed E-state index contributed by atoms with van der Waals surface area (Å²) in [5.74, 6) is -1.11. The highest BCUT2D eigenvalue weighted by Gasteiger charge is 2.33. The molecule has 0 aliphatic carbocycles. The Kier molecular flexibility index (Phi) is 7.85. The van der Waals surface area contributed by atoms with Gasteiger partial charge in [0.05, 0.1) is 15.8 Å². The van der Waals surface area contributed by atoms with Gasteiger partial charge in [-0.05, 0) is 43.5 Å². The van der Waals surface area contributed by atoms with Crippen molar-refractivity contribution in [2.45, 2.75) is 58.0 Å². The molecule has 1 aromatic carbocycles. The number of piperidine rings is 1. The number of aliphatic imine (C=N–C) groups is 1. The first-order chi connectivity index (χ1) is 16.4. The summed E-state index contributed by atoms with van der Waals surface area (Å²) >= 11 is 7.58. The van der Waals surface area contributed by atoms with Crippen LogP contribution >= 0.6 is 22.9 Å². The van der Waals surface area contributed by atoms with Gasteiger partial charge in [0.25, 0.3) is 5.91 Å². The molecule has 1 saturated heterocycles. The van der Waals surface area contributed by atoms with E-state index in [4.69, 9.17) is 16.6 Å². The number of hydrogen-bond donors (Lipinski definition) is 3. The highest BCUT2D eigenvalue weighted by atomic mass is 35.5. The Labute approximate surface area is 208 Å². The molecular weight excluding hydrogens is 474 g/mol. The van der Waals surface area contributed by atoms with E-state index in [1.807, 2.05) is 13.0 Å². The first kappa shape index (κ1) is 24.6. The van der Waals surface area contributed by atoms with Gasteiger partial charge in [-0.15, -0.1) is 0 Å². The van der Waals surface area contributed by atoms with E-state index in [2.05, 4.69) is 27.4 Å². The third-order valence-electron chi connectivity index (χ3n) is 6.37. The lowest BCUT2D eigenvalue weighted by Gasteiger charge is -2.39. The molecule has 2 aliphatic heterocycles. The maximum absolute atomic E-state index is 12.9. The number of nitrogens with one attached hydrogen (secondary N) is 2. The summed E-state index contributed by atoms with van der Waals surface area (Å²) < 4.78 is 0.686. The van der Waals surface area contributed by atoms with E-state index in [1.165, 1.54) is 11.3 Å². The Bertz CT molecular complexity index is 1140. The molecule has 2 aliphatic rings. The maximum Gasteiger partial charge on any atom is 0.337 e. The van der Waals surface area contributed by atoms with Gasteiger partial charge in [-0.2, -0.15) is 0 Å². The van der Waals surface area contributed by atoms with Crippen LogP contribution in [0.3, 0.4) is 0 Å². The van der Waals surface area contributed by atoms with E-state index >= 15 is 0 Å². The number of carbonyl (C=O) groups is 2. The minimum Gasteiger partial charge on any atom is -0.478 e. The summed E-state index contributed by atoms with van der Waals surface area (Å²) in [6.07, 6.45) is 4.16. The molecular formula is C24H30ClN5O3S. The Morgan fingerprint density at radius 1 is 1.29 bits per heavy atom. The lowest BCUT2D eigenvalue weighted by molar-refractivity contribution is -0.115. The lowest BCUT2D eigenvalue weighted by Crippen LogP contribution is -2.60. The van der Waals surface area contributed by atoms with Crippen molar-refractivity contribution >= 4 is 55.9 Å². The number of carboxylic acid groups (broad SMARTS) is 1. The average Bonchev–Trinajstić information content (AvgIpc) is 3.43. The molecule has 0 bridgehead atoms. The maximum atomic E-state index is 12.9. The van der Waals surface area contributed by atoms with Crippen molar-refractivity contribution in [3.8, 4) is 0 Å². The number of anilines is 1. The molecule has 2 atom stereocenters. The quantitative estimate of drug-likeness (QED) is 0.350. The van der Waals surface area contributed by atoms with Gasteiger partial charge in [-0.1, -0.05) is 49.3 Å². The van der Waals surface area contributed by atoms with Crippen molar-refractivity contribution in [3.63, 3.8) is 0 Å². The second-order valence-electron chi connectivity index (χ2n) is 8.67. The van der Waals surface area contributed by atoms with Gasteiger partial charge in [0.1, 0.15) is 10.9 Å². The number of aromatic carboxylic acids is 1. The number of unbranched alkanes of at least 4 members (excludes halogenated alkanes) is 1. The summed E-state index contributed by atoms with van der Waals surface area (Å²) in [7, 11) is 0. The number of carbonyl (C=O) groups excluding carboxylic acids is 1. The van der Waals surface area contributed by atoms with Crippen LogP contribution in [-0.4, -0.2) is 59.4 Å². The van der Waals surface area contributed by atoms with Gasteiger partial charge in [0, 0.05) is 31.6 Å². The molecule has 182 valence electrons. The summed E-state index contributed by atoms with van der Waals surface area (Å²) in [5.41, 5.74) is 2.44. The number of allylic oxidation sites excluding steroid dienone is 1. The number of fused-ring (bicyclic) bond motifs is 1. The van der Waals surface area contributed by atoms with Crippen molar-refractivity contribution in [2.24, 2.45) is 4.99 Å². The predicted octanol–water partition coefficient (Wildman–Crippen LogP) is 4.15. The zero-order valence-electron chi connectivity index (χ0n) is 19.4. The van der Waals surface area contributed by atoms with Crippen LogP contribution in [0.4, 0.5) is 5.13 Å². The monoisotopic (exact) mass is 503 g/mol. The fraction of sp³-hybridized carbons (Fsp3) is 0.500. The first-order valence-corrected chi connectivity index (χ1v) is 13.0. The predicted molar refractivity (Wildman–Crippen MR) is 137 cm³/mol. The van der Waals surface area contributed by atoms with Gasteiger partial charge in [0.2, 0.25) is 0 Å². The normalized spacial score (nSPS) is 20.7. The molecule has 34 heavy (non-hydrogen) atoms. The second kappa shape index (κ2) is 10.8. The van der Waals surface area contributed by atoms with Gasteiger partial charge in [-0.3, -0.25) is 4.79 Å². The van der Waals surface area contributed by atoms with Crippen LogP contribution in [0.2, 0.25) is 0 Å². The van der Waals surface area contributed by atoms with Gasteiger partial charge in [0.15, 0.2) is 5.13 Å². The molecule has 3 heterocycles. The number of nitrogens with zero attached hydrogens (tertiary/aromatic N) is 3. The van der Waals surface area contributed by atoms with Crippen LogP contribution in [0.1, 0.15) is 56.3 Å². The fourth-order valence-corrected chi connectivity index (χ4v) is 5.78. The Hall–Kier alpha value is -2.49. The zero-order chi connectivity index (χ0) is 24.2. The highest BCUT2D eigenvalue weighted by Crippen LogP contribution is 2.33. The van der Waals surface area contributed by atoms with Gasteiger partial charge in [-0.25, -0.2) is 14.8 Å². The van der Waals surface area contributed by atoms with Crippen molar-refractivity contribution in [3.05, 3.63) is 34.5 Å². The van der Waals surface area contributed by atoms with Crippen molar-refractivity contribution in [2.75, 3.05) is 24.5 Å².